The predicted molar refractivity (Wildman–Crippen MR) is 138 cm³/mol. The van der Waals surface area contributed by atoms with Gasteiger partial charge in [-0.3, -0.25) is 19.5 Å². The first-order chi connectivity index (χ1) is 17.4. The van der Waals surface area contributed by atoms with Gasteiger partial charge in [0.2, 0.25) is 0 Å². The molecule has 4 aromatic rings. The number of pyridine rings is 1. The van der Waals surface area contributed by atoms with Gasteiger partial charge in [0.25, 0.3) is 5.78 Å². The van der Waals surface area contributed by atoms with Crippen molar-refractivity contribution in [3.8, 4) is 11.5 Å². The molecule has 1 saturated heterocycles. The first-order valence-corrected chi connectivity index (χ1v) is 12.1. The van der Waals surface area contributed by atoms with Crippen LogP contribution in [0.5, 0.6) is 11.5 Å². The number of aliphatic hydroxyl groups excluding tert-OH is 1. The normalized spacial score (nSPS) is 17.1. The van der Waals surface area contributed by atoms with Gasteiger partial charge in [0.15, 0.2) is 5.13 Å². The minimum Gasteiger partial charge on any atom is -0.507 e. The lowest BCUT2D eigenvalue weighted by atomic mass is 9.98. The van der Waals surface area contributed by atoms with E-state index in [4.69, 9.17) is 9.47 Å². The fourth-order valence-corrected chi connectivity index (χ4v) is 5.28. The van der Waals surface area contributed by atoms with E-state index >= 15 is 0 Å². The van der Waals surface area contributed by atoms with E-state index in [2.05, 4.69) is 9.97 Å². The van der Waals surface area contributed by atoms with Crippen molar-refractivity contribution in [2.45, 2.75) is 19.9 Å². The van der Waals surface area contributed by atoms with Crippen LogP contribution in [0.25, 0.3) is 16.0 Å². The van der Waals surface area contributed by atoms with Crippen LogP contribution in [-0.4, -0.2) is 40.5 Å². The molecule has 0 spiro atoms. The Morgan fingerprint density at radius 1 is 1.14 bits per heavy atom. The smallest absolute Gasteiger partial charge is 0.301 e. The lowest BCUT2D eigenvalue weighted by Crippen LogP contribution is -2.29. The van der Waals surface area contributed by atoms with E-state index in [0.717, 1.165) is 10.3 Å². The molecule has 1 unspecified atom stereocenters. The molecule has 2 aromatic heterocycles. The molecule has 0 bridgehead atoms. The van der Waals surface area contributed by atoms with Gasteiger partial charge in [-0.25, -0.2) is 4.98 Å². The number of fused-ring (bicyclic) bond motifs is 1. The number of carbonyl (C=O) groups is 2. The molecule has 2 aromatic carbocycles. The van der Waals surface area contributed by atoms with Crippen LogP contribution in [0, 0.1) is 6.92 Å². The number of amides is 1. The summed E-state index contributed by atoms with van der Waals surface area (Å²) in [6, 6.07) is 14.8. The number of aliphatic hydroxyl groups is 1. The van der Waals surface area contributed by atoms with Crippen LogP contribution >= 0.6 is 11.3 Å². The molecule has 1 atom stereocenters. The van der Waals surface area contributed by atoms with Crippen molar-refractivity contribution in [2.75, 3.05) is 18.6 Å². The van der Waals surface area contributed by atoms with Crippen LogP contribution in [0.1, 0.15) is 29.8 Å². The molecule has 8 nitrogen and oxygen atoms in total. The topological polar surface area (TPSA) is 102 Å². The summed E-state index contributed by atoms with van der Waals surface area (Å²) in [7, 11) is 1.59. The third-order valence-corrected chi connectivity index (χ3v) is 6.95. The van der Waals surface area contributed by atoms with Crippen molar-refractivity contribution in [1.29, 1.82) is 0 Å². The molecule has 3 heterocycles. The molecular formula is C27H23N3O5S. The van der Waals surface area contributed by atoms with E-state index in [1.807, 2.05) is 26.0 Å². The van der Waals surface area contributed by atoms with Crippen molar-refractivity contribution in [3.05, 3.63) is 83.2 Å². The third kappa shape index (κ3) is 3.97. The number of nitrogens with zero attached hydrogens (tertiary/aromatic N) is 3. The Morgan fingerprint density at radius 3 is 2.69 bits per heavy atom. The number of hydrogen-bond acceptors (Lipinski definition) is 8. The summed E-state index contributed by atoms with van der Waals surface area (Å²) < 4.78 is 11.8. The number of thiazole rings is 1. The first kappa shape index (κ1) is 23.5. The van der Waals surface area contributed by atoms with Gasteiger partial charge in [0, 0.05) is 11.8 Å². The van der Waals surface area contributed by atoms with Crippen molar-refractivity contribution in [2.24, 2.45) is 0 Å². The maximum absolute atomic E-state index is 13.4. The van der Waals surface area contributed by atoms with Crippen LogP contribution in [0.15, 0.2) is 66.4 Å². The highest BCUT2D eigenvalue weighted by Gasteiger charge is 2.48. The number of hydrogen-bond donors (Lipinski definition) is 1. The van der Waals surface area contributed by atoms with Crippen molar-refractivity contribution >= 4 is 44.1 Å². The molecule has 0 saturated carbocycles. The summed E-state index contributed by atoms with van der Waals surface area (Å²) >= 11 is 1.27. The van der Waals surface area contributed by atoms with Crippen molar-refractivity contribution in [1.82, 2.24) is 9.97 Å². The summed E-state index contributed by atoms with van der Waals surface area (Å²) in [5, 5.41) is 11.6. The summed E-state index contributed by atoms with van der Waals surface area (Å²) in [6.45, 7) is 4.21. The molecule has 0 aliphatic carbocycles. The zero-order valence-electron chi connectivity index (χ0n) is 19.9. The monoisotopic (exact) mass is 501 g/mol. The molecule has 0 radical (unpaired) electrons. The van der Waals surface area contributed by atoms with Gasteiger partial charge in [0.05, 0.1) is 35.2 Å². The zero-order chi connectivity index (χ0) is 25.4. The van der Waals surface area contributed by atoms with Crippen LogP contribution < -0.4 is 14.4 Å². The third-order valence-electron chi connectivity index (χ3n) is 5.93. The predicted octanol–water partition coefficient (Wildman–Crippen LogP) is 5.03. The molecule has 1 amide bonds. The maximum atomic E-state index is 13.4. The fraction of sp³-hybridized carbons (Fsp3) is 0.185. The van der Waals surface area contributed by atoms with Gasteiger partial charge in [-0.05, 0) is 55.8 Å². The Balaban J connectivity index is 1.69. The van der Waals surface area contributed by atoms with Crippen LogP contribution in [0.3, 0.4) is 0 Å². The number of Topliss-reactive ketones (excluding diaryl/α,β-unsaturated/α-hetero) is 1. The van der Waals surface area contributed by atoms with Gasteiger partial charge < -0.3 is 14.6 Å². The van der Waals surface area contributed by atoms with Gasteiger partial charge in [0.1, 0.15) is 23.3 Å². The van der Waals surface area contributed by atoms with Crippen molar-refractivity contribution < 1.29 is 24.2 Å². The Morgan fingerprint density at radius 2 is 1.97 bits per heavy atom. The number of aromatic nitrogens is 2. The van der Waals surface area contributed by atoms with Gasteiger partial charge in [-0.1, -0.05) is 29.5 Å². The summed E-state index contributed by atoms with van der Waals surface area (Å²) in [5.41, 5.74) is 2.33. The van der Waals surface area contributed by atoms with E-state index < -0.39 is 17.7 Å². The number of benzene rings is 2. The zero-order valence-corrected chi connectivity index (χ0v) is 20.7. The van der Waals surface area contributed by atoms with Gasteiger partial charge >= 0.3 is 5.91 Å². The standard InChI is InChI=1S/C27H23N3O5S/c1-4-35-17-9-7-8-16(13-17)24(31)22-23(18-10-5-6-11-28-18)30(26(33)25(22)32)27-29-19-12-15(2)20(34-3)14-21(19)36-27/h5-14,23,31H,4H2,1-3H3/b24-22+. The molecule has 5 rings (SSSR count). The lowest BCUT2D eigenvalue weighted by molar-refractivity contribution is -0.132. The number of carbonyl (C=O) groups excluding carboxylic acids is 2. The fourth-order valence-electron chi connectivity index (χ4n) is 4.27. The van der Waals surface area contributed by atoms with E-state index in [0.29, 0.717) is 40.0 Å². The number of methoxy groups -OCH3 is 1. The highest BCUT2D eigenvalue weighted by Crippen LogP contribution is 2.44. The lowest BCUT2D eigenvalue weighted by Gasteiger charge is -2.22. The quantitative estimate of drug-likeness (QED) is 0.225. The number of ketones is 1. The average Bonchev–Trinajstić information content (AvgIpc) is 3.41. The van der Waals surface area contributed by atoms with E-state index in [9.17, 15) is 14.7 Å². The molecule has 1 N–H and O–H groups in total. The molecule has 1 fully saturated rings. The summed E-state index contributed by atoms with van der Waals surface area (Å²) in [6.07, 6.45) is 1.58. The number of anilines is 1. The minimum atomic E-state index is -0.953. The Hall–Kier alpha value is -4.24. The van der Waals surface area contributed by atoms with Crippen molar-refractivity contribution in [3.63, 3.8) is 0 Å². The van der Waals surface area contributed by atoms with E-state index in [-0.39, 0.29) is 11.3 Å². The maximum Gasteiger partial charge on any atom is 0.301 e. The van der Waals surface area contributed by atoms with Crippen LogP contribution in [0.2, 0.25) is 0 Å². The molecule has 1 aliphatic rings. The second-order valence-corrected chi connectivity index (χ2v) is 9.18. The summed E-state index contributed by atoms with van der Waals surface area (Å²) in [5.74, 6) is -0.642. The SMILES string of the molecule is CCOc1cccc(/C(O)=C2\C(=O)C(=O)N(c3nc4cc(C)c(OC)cc4s3)C2c2ccccn2)c1. The highest BCUT2D eigenvalue weighted by molar-refractivity contribution is 7.22. The van der Waals surface area contributed by atoms with E-state index in [1.165, 1.54) is 16.2 Å². The first-order valence-electron chi connectivity index (χ1n) is 11.3. The van der Waals surface area contributed by atoms with Gasteiger partial charge in [-0.15, -0.1) is 0 Å². The molecular weight excluding hydrogens is 478 g/mol. The Kier molecular flexibility index (Phi) is 6.15. The van der Waals surface area contributed by atoms with E-state index in [1.54, 1.807) is 55.8 Å². The molecule has 36 heavy (non-hydrogen) atoms. The van der Waals surface area contributed by atoms with Crippen LogP contribution in [-0.2, 0) is 9.59 Å². The highest BCUT2D eigenvalue weighted by atomic mass is 32.1. The van der Waals surface area contributed by atoms with Crippen LogP contribution in [0.4, 0.5) is 5.13 Å². The van der Waals surface area contributed by atoms with Gasteiger partial charge in [-0.2, -0.15) is 0 Å². The summed E-state index contributed by atoms with van der Waals surface area (Å²) in [4.78, 5) is 37.1. The molecule has 1 aliphatic heterocycles. The number of ether oxygens (including phenoxy) is 2. The molecule has 182 valence electrons. The Labute approximate surface area is 211 Å². The average molecular weight is 502 g/mol. The number of aryl methyl sites for hydroxylation is 1. The molecule has 9 heteroatoms. The second kappa shape index (κ2) is 9.43. The largest absolute Gasteiger partial charge is 0.507 e. The number of rotatable bonds is 6. The second-order valence-electron chi connectivity index (χ2n) is 8.17. The Bertz CT molecular complexity index is 1510. The minimum absolute atomic E-state index is 0.0552.